The Labute approximate surface area is 89.1 Å². The molecule has 1 heterocycles. The third-order valence-electron chi connectivity index (χ3n) is 3.32. The van der Waals surface area contributed by atoms with Crippen molar-refractivity contribution < 1.29 is 0 Å². The first-order valence-electron chi connectivity index (χ1n) is 6.00. The van der Waals surface area contributed by atoms with Crippen LogP contribution in [0.1, 0.15) is 33.6 Å². The third-order valence-corrected chi connectivity index (χ3v) is 3.32. The van der Waals surface area contributed by atoms with Crippen LogP contribution >= 0.6 is 0 Å². The van der Waals surface area contributed by atoms with E-state index in [-0.39, 0.29) is 0 Å². The van der Waals surface area contributed by atoms with Gasteiger partial charge >= 0.3 is 0 Å². The largest absolute Gasteiger partial charge is 0.316 e. The lowest BCUT2D eigenvalue weighted by Crippen LogP contribution is -2.44. The summed E-state index contributed by atoms with van der Waals surface area (Å²) in [7, 11) is 2.26. The summed E-state index contributed by atoms with van der Waals surface area (Å²) in [5.74, 6) is 1.77. The van der Waals surface area contributed by atoms with Crippen LogP contribution in [0.2, 0.25) is 0 Å². The van der Waals surface area contributed by atoms with Crippen LogP contribution in [-0.4, -0.2) is 37.6 Å². The van der Waals surface area contributed by atoms with Gasteiger partial charge in [0.25, 0.3) is 0 Å². The maximum atomic E-state index is 3.33. The van der Waals surface area contributed by atoms with Gasteiger partial charge in [0.1, 0.15) is 0 Å². The molecule has 1 N–H and O–H groups in total. The van der Waals surface area contributed by atoms with E-state index in [1.807, 2.05) is 0 Å². The monoisotopic (exact) mass is 198 g/mol. The van der Waals surface area contributed by atoms with Gasteiger partial charge in [0.05, 0.1) is 0 Å². The van der Waals surface area contributed by atoms with Crippen LogP contribution in [0, 0.1) is 11.8 Å². The molecule has 84 valence electrons. The van der Waals surface area contributed by atoms with E-state index >= 15 is 0 Å². The van der Waals surface area contributed by atoms with Gasteiger partial charge in [0, 0.05) is 6.04 Å². The molecule has 0 aromatic heterocycles. The van der Waals surface area contributed by atoms with Crippen LogP contribution < -0.4 is 5.32 Å². The summed E-state index contributed by atoms with van der Waals surface area (Å²) in [5.41, 5.74) is 0. The van der Waals surface area contributed by atoms with Crippen molar-refractivity contribution in [2.45, 2.75) is 39.7 Å². The Balaban J connectivity index is 2.09. The van der Waals surface area contributed by atoms with Crippen LogP contribution in [0.3, 0.4) is 0 Å². The highest BCUT2D eigenvalue weighted by molar-refractivity contribution is 4.76. The Morgan fingerprint density at radius 2 is 1.93 bits per heavy atom. The summed E-state index contributed by atoms with van der Waals surface area (Å²) in [6.45, 7) is 10.7. The van der Waals surface area contributed by atoms with Gasteiger partial charge in [-0.2, -0.15) is 0 Å². The van der Waals surface area contributed by atoms with Crippen molar-refractivity contribution in [3.05, 3.63) is 0 Å². The molecule has 0 radical (unpaired) electrons. The second-order valence-corrected chi connectivity index (χ2v) is 5.27. The number of hydrogen-bond donors (Lipinski definition) is 1. The fourth-order valence-electron chi connectivity index (χ4n) is 2.02. The summed E-state index contributed by atoms with van der Waals surface area (Å²) < 4.78 is 0. The van der Waals surface area contributed by atoms with Crippen LogP contribution in [0.25, 0.3) is 0 Å². The molecule has 1 aliphatic heterocycles. The summed E-state index contributed by atoms with van der Waals surface area (Å²) in [5, 5.41) is 3.33. The Morgan fingerprint density at radius 1 is 1.29 bits per heavy atom. The molecule has 1 fully saturated rings. The Morgan fingerprint density at radius 3 is 2.36 bits per heavy atom. The van der Waals surface area contributed by atoms with Crippen LogP contribution in [0.4, 0.5) is 0 Å². The first-order chi connectivity index (χ1) is 6.59. The van der Waals surface area contributed by atoms with Gasteiger partial charge in [-0.3, -0.25) is 0 Å². The van der Waals surface area contributed by atoms with Gasteiger partial charge in [-0.15, -0.1) is 0 Å². The molecule has 2 nitrogen and oxygen atoms in total. The van der Waals surface area contributed by atoms with Crippen LogP contribution in [-0.2, 0) is 0 Å². The number of nitrogens with one attached hydrogen (secondary N) is 1. The predicted octanol–water partition coefficient (Wildman–Crippen LogP) is 1.96. The molecule has 0 saturated carbocycles. The van der Waals surface area contributed by atoms with E-state index in [1.54, 1.807) is 0 Å². The SMILES string of the molecule is CC(C)CC(C)N(C)CCC1CNC1. The lowest BCUT2D eigenvalue weighted by molar-refractivity contribution is 0.197. The van der Waals surface area contributed by atoms with Gasteiger partial charge in [0.15, 0.2) is 0 Å². The Bertz CT molecular complexity index is 152. The van der Waals surface area contributed by atoms with Crippen molar-refractivity contribution in [3.63, 3.8) is 0 Å². The molecule has 0 aliphatic carbocycles. The minimum absolute atomic E-state index is 0.739. The van der Waals surface area contributed by atoms with Crippen molar-refractivity contribution in [2.75, 3.05) is 26.7 Å². The molecule has 0 bridgehead atoms. The van der Waals surface area contributed by atoms with Crippen molar-refractivity contribution >= 4 is 0 Å². The molecular formula is C12H26N2. The maximum Gasteiger partial charge on any atom is 0.00663 e. The Kier molecular flexibility index (Phi) is 4.90. The second kappa shape index (κ2) is 5.72. The van der Waals surface area contributed by atoms with E-state index in [1.165, 1.54) is 32.5 Å². The fraction of sp³-hybridized carbons (Fsp3) is 1.00. The highest BCUT2D eigenvalue weighted by Crippen LogP contribution is 2.13. The minimum Gasteiger partial charge on any atom is -0.316 e. The van der Waals surface area contributed by atoms with Crippen molar-refractivity contribution in [2.24, 2.45) is 11.8 Å². The summed E-state index contributed by atoms with van der Waals surface area (Å²) in [4.78, 5) is 2.51. The quantitative estimate of drug-likeness (QED) is 0.702. The highest BCUT2D eigenvalue weighted by Gasteiger charge is 2.18. The molecule has 1 atom stereocenters. The summed E-state index contributed by atoms with van der Waals surface area (Å²) in [6, 6.07) is 0.739. The van der Waals surface area contributed by atoms with E-state index in [0.717, 1.165) is 17.9 Å². The zero-order valence-corrected chi connectivity index (χ0v) is 10.2. The molecule has 0 amide bonds. The number of nitrogens with zero attached hydrogens (tertiary/aromatic N) is 1. The van der Waals surface area contributed by atoms with Gasteiger partial charge in [-0.05, 0) is 58.3 Å². The Hall–Kier alpha value is -0.0800. The van der Waals surface area contributed by atoms with Crippen molar-refractivity contribution in [1.29, 1.82) is 0 Å². The second-order valence-electron chi connectivity index (χ2n) is 5.27. The third kappa shape index (κ3) is 3.97. The summed E-state index contributed by atoms with van der Waals surface area (Å²) >= 11 is 0. The molecule has 1 aliphatic rings. The molecule has 14 heavy (non-hydrogen) atoms. The average Bonchev–Trinajstić information content (AvgIpc) is 1.99. The molecule has 1 unspecified atom stereocenters. The molecule has 1 saturated heterocycles. The lowest BCUT2D eigenvalue weighted by Gasteiger charge is -2.31. The molecular weight excluding hydrogens is 172 g/mol. The zero-order valence-electron chi connectivity index (χ0n) is 10.2. The van der Waals surface area contributed by atoms with E-state index in [2.05, 4.69) is 38.0 Å². The number of rotatable bonds is 6. The average molecular weight is 198 g/mol. The van der Waals surface area contributed by atoms with Gasteiger partial charge in [-0.1, -0.05) is 13.8 Å². The molecule has 0 aromatic carbocycles. The lowest BCUT2D eigenvalue weighted by atomic mass is 9.98. The van der Waals surface area contributed by atoms with Gasteiger partial charge in [0.2, 0.25) is 0 Å². The normalized spacial score (nSPS) is 20.1. The standard InChI is InChI=1S/C12H26N2/c1-10(2)7-11(3)14(4)6-5-12-8-13-9-12/h10-13H,5-9H2,1-4H3. The smallest absolute Gasteiger partial charge is 0.00663 e. The van der Waals surface area contributed by atoms with E-state index in [0.29, 0.717) is 0 Å². The maximum absolute atomic E-state index is 3.33. The number of hydrogen-bond acceptors (Lipinski definition) is 2. The zero-order chi connectivity index (χ0) is 10.6. The molecule has 0 spiro atoms. The van der Waals surface area contributed by atoms with Crippen molar-refractivity contribution in [1.82, 2.24) is 10.2 Å². The molecule has 1 rings (SSSR count). The minimum atomic E-state index is 0.739. The topological polar surface area (TPSA) is 15.3 Å². The van der Waals surface area contributed by atoms with E-state index in [4.69, 9.17) is 0 Å². The van der Waals surface area contributed by atoms with Crippen LogP contribution in [0.5, 0.6) is 0 Å². The van der Waals surface area contributed by atoms with Crippen molar-refractivity contribution in [3.8, 4) is 0 Å². The van der Waals surface area contributed by atoms with Crippen LogP contribution in [0.15, 0.2) is 0 Å². The highest BCUT2D eigenvalue weighted by atomic mass is 15.1. The van der Waals surface area contributed by atoms with Gasteiger partial charge in [-0.25, -0.2) is 0 Å². The van der Waals surface area contributed by atoms with Gasteiger partial charge < -0.3 is 10.2 Å². The fourth-order valence-corrected chi connectivity index (χ4v) is 2.02. The molecule has 0 aromatic rings. The first-order valence-corrected chi connectivity index (χ1v) is 6.00. The predicted molar refractivity (Wildman–Crippen MR) is 62.5 cm³/mol. The van der Waals surface area contributed by atoms with E-state index < -0.39 is 0 Å². The molecule has 2 heteroatoms. The van der Waals surface area contributed by atoms with E-state index in [9.17, 15) is 0 Å². The summed E-state index contributed by atoms with van der Waals surface area (Å²) in [6.07, 6.45) is 2.69. The first kappa shape index (κ1) is 12.0.